The van der Waals surface area contributed by atoms with Gasteiger partial charge in [0.15, 0.2) is 0 Å². The largest absolute Gasteiger partial charge is 0.368 e. The first kappa shape index (κ1) is 7.99. The summed E-state index contributed by atoms with van der Waals surface area (Å²) < 4.78 is 0. The molecule has 1 aliphatic rings. The van der Waals surface area contributed by atoms with E-state index in [1.165, 1.54) is 5.70 Å². The lowest BCUT2D eigenvalue weighted by molar-refractivity contribution is 0.498. The van der Waals surface area contributed by atoms with Crippen molar-refractivity contribution in [3.63, 3.8) is 0 Å². The summed E-state index contributed by atoms with van der Waals surface area (Å²) in [4.78, 5) is 3.86. The predicted octanol–water partition coefficient (Wildman–Crippen LogP) is 2.51. The van der Waals surface area contributed by atoms with Crippen molar-refractivity contribution >= 4 is 11.8 Å². The third-order valence-corrected chi connectivity index (χ3v) is 3.46. The minimum Gasteiger partial charge on any atom is -0.368 e. The topological polar surface area (TPSA) is 3.24 Å². The van der Waals surface area contributed by atoms with E-state index in [1.54, 1.807) is 4.91 Å². The number of nitrogens with zero attached hydrogens (tertiary/aromatic N) is 1. The maximum atomic E-state index is 2.31. The zero-order chi connectivity index (χ0) is 7.72. The molecule has 0 N–H and O–H groups in total. The zero-order valence-electron chi connectivity index (χ0n) is 7.14. The van der Waals surface area contributed by atoms with E-state index in [4.69, 9.17) is 0 Å². The highest BCUT2D eigenvalue weighted by atomic mass is 32.2. The fourth-order valence-corrected chi connectivity index (χ4v) is 2.36. The molecule has 1 rings (SSSR count). The highest BCUT2D eigenvalue weighted by molar-refractivity contribution is 8.03. The Morgan fingerprint density at radius 2 is 2.10 bits per heavy atom. The van der Waals surface area contributed by atoms with Gasteiger partial charge in [-0.3, -0.25) is 0 Å². The Bertz CT molecular complexity index is 161. The van der Waals surface area contributed by atoms with Crippen LogP contribution in [0.5, 0.6) is 0 Å². The number of hydrogen-bond donors (Lipinski definition) is 0. The molecule has 0 aromatic rings. The molecule has 0 aliphatic carbocycles. The second-order valence-corrected chi connectivity index (χ2v) is 4.06. The molecule has 0 aromatic carbocycles. The van der Waals surface area contributed by atoms with E-state index in [1.807, 2.05) is 11.8 Å². The summed E-state index contributed by atoms with van der Waals surface area (Å²) in [6, 6.07) is 0. The summed E-state index contributed by atoms with van der Waals surface area (Å²) in [6.07, 6.45) is 0. The highest BCUT2D eigenvalue weighted by Gasteiger charge is 2.17. The number of rotatable bonds is 1. The van der Waals surface area contributed by atoms with Crippen molar-refractivity contribution in [3.05, 3.63) is 10.6 Å². The van der Waals surface area contributed by atoms with Crippen molar-refractivity contribution in [2.45, 2.75) is 20.8 Å². The number of thioether (sulfide) groups is 1. The van der Waals surface area contributed by atoms with Crippen LogP contribution in [0.25, 0.3) is 0 Å². The summed E-state index contributed by atoms with van der Waals surface area (Å²) in [6.45, 7) is 6.71. The molecule has 10 heavy (non-hydrogen) atoms. The van der Waals surface area contributed by atoms with Crippen molar-refractivity contribution < 1.29 is 0 Å². The van der Waals surface area contributed by atoms with Crippen molar-refractivity contribution in [3.8, 4) is 0 Å². The molecule has 0 saturated carbocycles. The van der Waals surface area contributed by atoms with E-state index in [0.29, 0.717) is 5.92 Å². The van der Waals surface area contributed by atoms with Crippen molar-refractivity contribution in [1.82, 2.24) is 4.90 Å². The van der Waals surface area contributed by atoms with E-state index < -0.39 is 0 Å². The summed E-state index contributed by atoms with van der Waals surface area (Å²) in [7, 11) is 2.15. The van der Waals surface area contributed by atoms with Gasteiger partial charge in [0.05, 0.1) is 5.88 Å². The average molecular weight is 157 g/mol. The molecule has 1 nitrogen and oxygen atoms in total. The van der Waals surface area contributed by atoms with E-state index in [0.717, 1.165) is 5.88 Å². The summed E-state index contributed by atoms with van der Waals surface area (Å²) in [5.41, 5.74) is 1.46. The Hall–Kier alpha value is -0.110. The minimum atomic E-state index is 0.704. The lowest BCUT2D eigenvalue weighted by Gasteiger charge is -2.11. The van der Waals surface area contributed by atoms with Crippen LogP contribution in [0.3, 0.4) is 0 Å². The molecule has 0 fully saturated rings. The van der Waals surface area contributed by atoms with Crippen LogP contribution in [0.4, 0.5) is 0 Å². The molecule has 0 aromatic heterocycles. The first-order valence-electron chi connectivity index (χ1n) is 3.67. The van der Waals surface area contributed by atoms with Crippen LogP contribution in [0.2, 0.25) is 0 Å². The number of allylic oxidation sites excluding steroid dienone is 2. The van der Waals surface area contributed by atoms with Gasteiger partial charge in [0, 0.05) is 17.6 Å². The van der Waals surface area contributed by atoms with Crippen molar-refractivity contribution in [2.24, 2.45) is 5.92 Å². The molecule has 0 radical (unpaired) electrons. The summed E-state index contributed by atoms with van der Waals surface area (Å²) in [5, 5.41) is 0. The van der Waals surface area contributed by atoms with Crippen LogP contribution in [-0.4, -0.2) is 17.8 Å². The van der Waals surface area contributed by atoms with Gasteiger partial charge in [-0.25, -0.2) is 0 Å². The first-order chi connectivity index (χ1) is 4.63. The van der Waals surface area contributed by atoms with Gasteiger partial charge in [-0.1, -0.05) is 13.8 Å². The molecule has 0 amide bonds. The van der Waals surface area contributed by atoms with Crippen LogP contribution in [0.1, 0.15) is 20.8 Å². The third kappa shape index (κ3) is 1.31. The minimum absolute atomic E-state index is 0.704. The molecule has 0 bridgehead atoms. The second-order valence-electron chi connectivity index (χ2n) is 3.08. The Morgan fingerprint density at radius 3 is 2.30 bits per heavy atom. The van der Waals surface area contributed by atoms with Crippen LogP contribution in [0.15, 0.2) is 10.6 Å². The molecular weight excluding hydrogens is 142 g/mol. The van der Waals surface area contributed by atoms with Crippen molar-refractivity contribution in [2.75, 3.05) is 12.9 Å². The van der Waals surface area contributed by atoms with Gasteiger partial charge in [0.25, 0.3) is 0 Å². The Morgan fingerprint density at radius 1 is 1.50 bits per heavy atom. The molecule has 0 atom stereocenters. The fraction of sp³-hybridized carbons (Fsp3) is 0.750. The second kappa shape index (κ2) is 2.87. The van der Waals surface area contributed by atoms with Crippen LogP contribution < -0.4 is 0 Å². The molecule has 1 aliphatic heterocycles. The van der Waals surface area contributed by atoms with Crippen LogP contribution in [0, 0.1) is 5.92 Å². The maximum Gasteiger partial charge on any atom is 0.0677 e. The van der Waals surface area contributed by atoms with Crippen molar-refractivity contribution in [1.29, 1.82) is 0 Å². The van der Waals surface area contributed by atoms with Gasteiger partial charge >= 0.3 is 0 Å². The molecule has 2 heteroatoms. The molecule has 0 unspecified atom stereocenters. The Balaban J connectivity index is 2.75. The lowest BCUT2D eigenvalue weighted by atomic mass is 10.2. The predicted molar refractivity (Wildman–Crippen MR) is 47.8 cm³/mol. The Kier molecular flexibility index (Phi) is 2.29. The van der Waals surface area contributed by atoms with Gasteiger partial charge in [0.1, 0.15) is 0 Å². The van der Waals surface area contributed by atoms with Gasteiger partial charge < -0.3 is 4.90 Å². The molecule has 0 saturated heterocycles. The quantitative estimate of drug-likeness (QED) is 0.575. The average Bonchev–Trinajstić information content (AvgIpc) is 2.14. The molecule has 58 valence electrons. The molecule has 0 spiro atoms. The molecular formula is C8H15NS. The third-order valence-electron chi connectivity index (χ3n) is 1.87. The monoisotopic (exact) mass is 157 g/mol. The fourth-order valence-electron chi connectivity index (χ4n) is 1.14. The van der Waals surface area contributed by atoms with Gasteiger partial charge in [0.2, 0.25) is 0 Å². The SMILES string of the molecule is CC1=C(C(C)C)SCN1C. The van der Waals surface area contributed by atoms with Crippen LogP contribution in [-0.2, 0) is 0 Å². The van der Waals surface area contributed by atoms with E-state index in [9.17, 15) is 0 Å². The lowest BCUT2D eigenvalue weighted by Crippen LogP contribution is -2.09. The highest BCUT2D eigenvalue weighted by Crippen LogP contribution is 2.35. The van der Waals surface area contributed by atoms with E-state index >= 15 is 0 Å². The first-order valence-corrected chi connectivity index (χ1v) is 4.66. The molecule has 1 heterocycles. The van der Waals surface area contributed by atoms with Gasteiger partial charge in [-0.15, -0.1) is 11.8 Å². The smallest absolute Gasteiger partial charge is 0.0677 e. The van der Waals surface area contributed by atoms with Gasteiger partial charge in [-0.2, -0.15) is 0 Å². The maximum absolute atomic E-state index is 2.31. The van der Waals surface area contributed by atoms with Gasteiger partial charge in [-0.05, 0) is 12.8 Å². The van der Waals surface area contributed by atoms with E-state index in [2.05, 4.69) is 32.7 Å². The zero-order valence-corrected chi connectivity index (χ0v) is 7.96. The standard InChI is InChI=1S/C8H15NS/c1-6(2)8-7(3)9(4)5-10-8/h6H,5H2,1-4H3. The van der Waals surface area contributed by atoms with Crippen LogP contribution >= 0.6 is 11.8 Å². The Labute approximate surface area is 67.5 Å². The summed E-state index contributed by atoms with van der Waals surface area (Å²) >= 11 is 1.97. The van der Waals surface area contributed by atoms with E-state index in [-0.39, 0.29) is 0 Å². The summed E-state index contributed by atoms with van der Waals surface area (Å²) in [5.74, 6) is 1.84. The normalized spacial score (nSPS) is 19.5. The number of hydrogen-bond acceptors (Lipinski definition) is 2.